The molecular formula is C16H24N4O4. The molecule has 0 aliphatic carbocycles. The number of nitro groups is 1. The van der Waals surface area contributed by atoms with E-state index in [2.05, 4.69) is 4.98 Å². The maximum absolute atomic E-state index is 12.2. The van der Waals surface area contributed by atoms with Crippen molar-refractivity contribution < 1.29 is 14.5 Å². The van der Waals surface area contributed by atoms with Gasteiger partial charge in [0.1, 0.15) is 17.6 Å². The van der Waals surface area contributed by atoms with Crippen LogP contribution in [-0.2, 0) is 4.74 Å². The van der Waals surface area contributed by atoms with Gasteiger partial charge < -0.3 is 14.5 Å². The maximum Gasteiger partial charge on any atom is 0.410 e. The Bertz CT molecular complexity index is 641. The van der Waals surface area contributed by atoms with E-state index in [1.807, 2.05) is 32.6 Å². The zero-order chi connectivity index (χ0) is 18.1. The lowest BCUT2D eigenvalue weighted by atomic mass is 10.1. The van der Waals surface area contributed by atoms with Gasteiger partial charge in [-0.15, -0.1) is 0 Å². The van der Waals surface area contributed by atoms with E-state index in [0.29, 0.717) is 31.0 Å². The van der Waals surface area contributed by atoms with Crippen LogP contribution in [0.3, 0.4) is 0 Å². The van der Waals surface area contributed by atoms with Gasteiger partial charge in [0.05, 0.1) is 4.92 Å². The molecule has 0 N–H and O–H groups in total. The van der Waals surface area contributed by atoms with Gasteiger partial charge in [-0.3, -0.25) is 10.1 Å². The van der Waals surface area contributed by atoms with Crippen LogP contribution in [0.15, 0.2) is 12.3 Å². The molecular weight excluding hydrogens is 312 g/mol. The molecule has 0 bridgehead atoms. The van der Waals surface area contributed by atoms with E-state index >= 15 is 0 Å². The van der Waals surface area contributed by atoms with Crippen LogP contribution in [0.25, 0.3) is 0 Å². The van der Waals surface area contributed by atoms with Crippen molar-refractivity contribution >= 4 is 17.6 Å². The van der Waals surface area contributed by atoms with E-state index in [1.165, 1.54) is 6.20 Å². The fourth-order valence-electron chi connectivity index (χ4n) is 2.66. The fourth-order valence-corrected chi connectivity index (χ4v) is 2.66. The first-order valence-electron chi connectivity index (χ1n) is 7.94. The maximum atomic E-state index is 12.2. The minimum Gasteiger partial charge on any atom is -0.444 e. The summed E-state index contributed by atoms with van der Waals surface area (Å²) in [7, 11) is 0. The highest BCUT2D eigenvalue weighted by atomic mass is 16.6. The molecule has 0 aromatic carbocycles. The Kier molecular flexibility index (Phi) is 4.96. The van der Waals surface area contributed by atoms with Crippen LogP contribution in [0.4, 0.5) is 16.3 Å². The average molecular weight is 336 g/mol. The van der Waals surface area contributed by atoms with Crippen molar-refractivity contribution in [3.05, 3.63) is 27.9 Å². The van der Waals surface area contributed by atoms with Crippen LogP contribution in [-0.4, -0.2) is 52.2 Å². The summed E-state index contributed by atoms with van der Waals surface area (Å²) < 4.78 is 5.43. The van der Waals surface area contributed by atoms with Gasteiger partial charge in [-0.05, 0) is 40.7 Å². The summed E-state index contributed by atoms with van der Waals surface area (Å²) in [5.41, 5.74) is 0.0664. The molecule has 8 heteroatoms. The predicted octanol–water partition coefficient (Wildman–Crippen LogP) is 2.74. The molecule has 1 amide bonds. The summed E-state index contributed by atoms with van der Waals surface area (Å²) in [6.45, 7) is 10.9. The van der Waals surface area contributed by atoms with E-state index in [9.17, 15) is 14.9 Å². The van der Waals surface area contributed by atoms with Gasteiger partial charge in [0.15, 0.2) is 0 Å². The van der Waals surface area contributed by atoms with Gasteiger partial charge >= 0.3 is 6.09 Å². The lowest BCUT2D eigenvalue weighted by Gasteiger charge is -2.40. The molecule has 0 spiro atoms. The quantitative estimate of drug-likeness (QED) is 0.609. The molecule has 24 heavy (non-hydrogen) atoms. The van der Waals surface area contributed by atoms with E-state index in [4.69, 9.17) is 4.74 Å². The molecule has 0 saturated carbocycles. The Morgan fingerprint density at radius 3 is 2.58 bits per heavy atom. The molecule has 8 nitrogen and oxygen atoms in total. The number of ether oxygens (including phenoxy) is 1. The third-order valence-electron chi connectivity index (χ3n) is 3.84. The Balaban J connectivity index is 2.07. The average Bonchev–Trinajstić information content (AvgIpc) is 2.44. The third-order valence-corrected chi connectivity index (χ3v) is 3.84. The van der Waals surface area contributed by atoms with Crippen LogP contribution in [0.5, 0.6) is 0 Å². The topological polar surface area (TPSA) is 88.8 Å². The number of carbonyl (C=O) groups is 1. The lowest BCUT2D eigenvalue weighted by molar-refractivity contribution is -0.385. The summed E-state index contributed by atoms with van der Waals surface area (Å²) in [6, 6.07) is 1.68. The van der Waals surface area contributed by atoms with Crippen LogP contribution in [0.1, 0.15) is 33.3 Å². The van der Waals surface area contributed by atoms with E-state index < -0.39 is 10.5 Å². The molecule has 1 aromatic rings. The summed E-state index contributed by atoms with van der Waals surface area (Å²) >= 11 is 0. The van der Waals surface area contributed by atoms with E-state index in [1.54, 1.807) is 17.9 Å². The number of rotatable bonds is 2. The van der Waals surface area contributed by atoms with E-state index in [-0.39, 0.29) is 17.8 Å². The molecule has 2 rings (SSSR count). The number of aryl methyl sites for hydroxylation is 1. The summed E-state index contributed by atoms with van der Waals surface area (Å²) in [5, 5.41) is 10.9. The van der Waals surface area contributed by atoms with Crippen LogP contribution < -0.4 is 4.90 Å². The second-order valence-corrected chi connectivity index (χ2v) is 7.05. The summed E-state index contributed by atoms with van der Waals surface area (Å²) in [5.74, 6) is 0.689. The first kappa shape index (κ1) is 18.0. The van der Waals surface area contributed by atoms with Crippen molar-refractivity contribution in [2.45, 2.75) is 46.3 Å². The number of nitrogens with zero attached hydrogens (tertiary/aromatic N) is 4. The molecule has 132 valence electrons. The van der Waals surface area contributed by atoms with Crippen LogP contribution >= 0.6 is 0 Å². The van der Waals surface area contributed by atoms with Gasteiger partial charge in [-0.2, -0.15) is 0 Å². The minimum absolute atomic E-state index is 0.0131. The standard InChI is InChI=1S/C16H24N4O4/c1-11-8-14(17-9-13(11)20(22)23)18-6-7-19(12(2)10-18)15(21)24-16(3,4)5/h8-9,12H,6-7,10H2,1-5H3/t12-/m1/s1. The zero-order valence-corrected chi connectivity index (χ0v) is 14.8. The van der Waals surface area contributed by atoms with Crippen molar-refractivity contribution in [3.63, 3.8) is 0 Å². The number of anilines is 1. The highest BCUT2D eigenvalue weighted by molar-refractivity contribution is 5.69. The predicted molar refractivity (Wildman–Crippen MR) is 90.2 cm³/mol. The number of pyridine rings is 1. The number of amides is 1. The molecule has 2 heterocycles. The second-order valence-electron chi connectivity index (χ2n) is 7.05. The first-order chi connectivity index (χ1) is 11.1. The van der Waals surface area contributed by atoms with Gasteiger partial charge in [0.25, 0.3) is 5.69 Å². The minimum atomic E-state index is -0.523. The van der Waals surface area contributed by atoms with Crippen LogP contribution in [0.2, 0.25) is 0 Å². The zero-order valence-electron chi connectivity index (χ0n) is 14.8. The monoisotopic (exact) mass is 336 g/mol. The van der Waals surface area contributed by atoms with Gasteiger partial charge in [0.2, 0.25) is 0 Å². The largest absolute Gasteiger partial charge is 0.444 e. The Labute approximate surface area is 141 Å². The smallest absolute Gasteiger partial charge is 0.410 e. The van der Waals surface area contributed by atoms with Crippen molar-refractivity contribution in [2.24, 2.45) is 0 Å². The Morgan fingerprint density at radius 2 is 2.08 bits per heavy atom. The summed E-state index contributed by atoms with van der Waals surface area (Å²) in [6.07, 6.45) is 0.970. The normalized spacial score (nSPS) is 18.5. The number of carbonyl (C=O) groups excluding carboxylic acids is 1. The second kappa shape index (κ2) is 6.62. The fraction of sp³-hybridized carbons (Fsp3) is 0.625. The van der Waals surface area contributed by atoms with Crippen LogP contribution in [0, 0.1) is 17.0 Å². The molecule has 1 aromatic heterocycles. The van der Waals surface area contributed by atoms with E-state index in [0.717, 1.165) is 0 Å². The molecule has 0 radical (unpaired) electrons. The first-order valence-corrected chi connectivity index (χ1v) is 7.94. The number of hydrogen-bond acceptors (Lipinski definition) is 6. The third kappa shape index (κ3) is 4.12. The Hall–Kier alpha value is -2.38. The lowest BCUT2D eigenvalue weighted by Crippen LogP contribution is -2.55. The molecule has 1 saturated heterocycles. The van der Waals surface area contributed by atoms with Crippen molar-refractivity contribution in [3.8, 4) is 0 Å². The highest BCUT2D eigenvalue weighted by Crippen LogP contribution is 2.24. The van der Waals surface area contributed by atoms with Crippen molar-refractivity contribution in [2.75, 3.05) is 24.5 Å². The van der Waals surface area contributed by atoms with Gasteiger partial charge in [-0.1, -0.05) is 0 Å². The SMILES string of the molecule is Cc1cc(N2CCN(C(=O)OC(C)(C)C)[C@H](C)C2)ncc1[N+](=O)[O-]. The molecule has 0 unspecified atom stereocenters. The number of hydrogen-bond donors (Lipinski definition) is 0. The molecule has 1 atom stereocenters. The van der Waals surface area contributed by atoms with Crippen molar-refractivity contribution in [1.82, 2.24) is 9.88 Å². The Morgan fingerprint density at radius 1 is 1.42 bits per heavy atom. The highest BCUT2D eigenvalue weighted by Gasteiger charge is 2.31. The summed E-state index contributed by atoms with van der Waals surface area (Å²) in [4.78, 5) is 30.6. The van der Waals surface area contributed by atoms with Gasteiger partial charge in [-0.25, -0.2) is 9.78 Å². The van der Waals surface area contributed by atoms with Gasteiger partial charge in [0, 0.05) is 31.2 Å². The molecule has 1 fully saturated rings. The van der Waals surface area contributed by atoms with Crippen molar-refractivity contribution in [1.29, 1.82) is 0 Å². The number of piperazine rings is 1. The molecule has 1 aliphatic rings. The number of aromatic nitrogens is 1. The molecule has 1 aliphatic heterocycles.